The molecule has 2 nitrogen and oxygen atoms in total. The molecule has 5 rings (SSSR count). The van der Waals surface area contributed by atoms with Crippen LogP contribution in [0, 0.1) is 17.8 Å². The molecule has 0 aromatic heterocycles. The van der Waals surface area contributed by atoms with Gasteiger partial charge in [-0.3, -0.25) is 0 Å². The fourth-order valence-electron chi connectivity index (χ4n) is 5.69. The lowest BCUT2D eigenvalue weighted by molar-refractivity contribution is -0.752. The molecule has 4 aliphatic carbocycles. The van der Waals surface area contributed by atoms with Crippen LogP contribution in [-0.2, 0) is 6.54 Å². The van der Waals surface area contributed by atoms with Crippen LogP contribution in [0.15, 0.2) is 24.3 Å². The van der Waals surface area contributed by atoms with E-state index in [1.54, 1.807) is 19.3 Å². The lowest BCUT2D eigenvalue weighted by Gasteiger charge is -2.54. The number of quaternary nitrogens is 1. The summed E-state index contributed by atoms with van der Waals surface area (Å²) in [6, 6.07) is 9.13. The zero-order valence-corrected chi connectivity index (χ0v) is 13.5. The van der Waals surface area contributed by atoms with Gasteiger partial charge in [0.1, 0.15) is 6.54 Å². The van der Waals surface area contributed by atoms with E-state index < -0.39 is 0 Å². The molecule has 0 amide bonds. The summed E-state index contributed by atoms with van der Waals surface area (Å²) in [6.45, 7) is 1.17. The summed E-state index contributed by atoms with van der Waals surface area (Å²) < 4.78 is 0. The van der Waals surface area contributed by atoms with E-state index in [0.717, 1.165) is 17.8 Å². The zero-order valence-electron chi connectivity index (χ0n) is 13.5. The van der Waals surface area contributed by atoms with Gasteiger partial charge < -0.3 is 10.2 Å². The Morgan fingerprint density at radius 1 is 0.952 bits per heavy atom. The van der Waals surface area contributed by atoms with Crippen molar-refractivity contribution in [3.05, 3.63) is 29.8 Å². The lowest BCUT2D eigenvalue weighted by Crippen LogP contribution is -2.97. The van der Waals surface area contributed by atoms with Gasteiger partial charge in [0, 0.05) is 44.6 Å². The highest BCUT2D eigenvalue weighted by Crippen LogP contribution is 2.54. The van der Waals surface area contributed by atoms with Gasteiger partial charge in [0.15, 0.2) is 0 Å². The van der Waals surface area contributed by atoms with Gasteiger partial charge in [0.05, 0.1) is 5.54 Å². The summed E-state index contributed by atoms with van der Waals surface area (Å²) in [5.74, 6) is 3.18. The summed E-state index contributed by atoms with van der Waals surface area (Å²) in [7, 11) is 4.22. The molecule has 0 heterocycles. The first-order valence-corrected chi connectivity index (χ1v) is 8.72. The van der Waals surface area contributed by atoms with E-state index >= 15 is 0 Å². The molecule has 0 radical (unpaired) electrons. The third-order valence-corrected chi connectivity index (χ3v) is 6.31. The Morgan fingerprint density at radius 3 is 1.95 bits per heavy atom. The second-order valence-corrected chi connectivity index (χ2v) is 8.25. The minimum atomic E-state index is 0.606. The van der Waals surface area contributed by atoms with Gasteiger partial charge in [0.25, 0.3) is 0 Å². The summed E-state index contributed by atoms with van der Waals surface area (Å²) in [4.78, 5) is 2.17. The first-order valence-electron chi connectivity index (χ1n) is 8.72. The molecule has 0 spiro atoms. The zero-order chi connectivity index (χ0) is 14.4. The predicted molar refractivity (Wildman–Crippen MR) is 87.3 cm³/mol. The van der Waals surface area contributed by atoms with Crippen LogP contribution in [0.25, 0.3) is 0 Å². The van der Waals surface area contributed by atoms with Gasteiger partial charge in [-0.2, -0.15) is 0 Å². The molecule has 114 valence electrons. The van der Waals surface area contributed by atoms with Crippen LogP contribution < -0.4 is 10.2 Å². The molecule has 2 heteroatoms. The molecule has 4 bridgehead atoms. The smallest absolute Gasteiger partial charge is 0.102 e. The molecule has 4 aliphatic rings. The highest BCUT2D eigenvalue weighted by molar-refractivity contribution is 5.45. The lowest BCUT2D eigenvalue weighted by atomic mass is 9.53. The Hall–Kier alpha value is -1.02. The standard InChI is InChI=1S/C19H28N2/c1-21(2)18-5-3-14(4-6-18)13-20-19-10-15-7-16(11-19)9-17(8-15)12-19/h3-6,15-17,20H,7-13H2,1-2H3/p+1. The van der Waals surface area contributed by atoms with Gasteiger partial charge in [0.2, 0.25) is 0 Å². The van der Waals surface area contributed by atoms with Crippen LogP contribution in [-0.4, -0.2) is 19.6 Å². The fourth-order valence-corrected chi connectivity index (χ4v) is 5.69. The highest BCUT2D eigenvalue weighted by Gasteiger charge is 2.53. The second kappa shape index (κ2) is 5.01. The highest BCUT2D eigenvalue weighted by atomic mass is 15.1. The number of benzene rings is 1. The van der Waals surface area contributed by atoms with Crippen molar-refractivity contribution in [1.29, 1.82) is 0 Å². The number of nitrogens with two attached hydrogens (primary N) is 1. The molecule has 0 unspecified atom stereocenters. The number of hydrogen-bond acceptors (Lipinski definition) is 1. The first kappa shape index (κ1) is 13.6. The van der Waals surface area contributed by atoms with E-state index in [9.17, 15) is 0 Å². The minimum Gasteiger partial charge on any atom is -0.378 e. The maximum absolute atomic E-state index is 2.71. The second-order valence-electron chi connectivity index (χ2n) is 8.25. The van der Waals surface area contributed by atoms with Crippen molar-refractivity contribution in [2.24, 2.45) is 17.8 Å². The molecule has 4 saturated carbocycles. The Bertz CT molecular complexity index is 468. The topological polar surface area (TPSA) is 19.9 Å². The monoisotopic (exact) mass is 285 g/mol. The number of rotatable bonds is 4. The van der Waals surface area contributed by atoms with Crippen LogP contribution in [0.1, 0.15) is 44.1 Å². The third kappa shape index (κ3) is 2.59. The van der Waals surface area contributed by atoms with Crippen molar-refractivity contribution >= 4 is 5.69 Å². The van der Waals surface area contributed by atoms with Crippen molar-refractivity contribution in [3.8, 4) is 0 Å². The van der Waals surface area contributed by atoms with Crippen molar-refractivity contribution in [2.45, 2.75) is 50.6 Å². The number of hydrogen-bond donors (Lipinski definition) is 1. The largest absolute Gasteiger partial charge is 0.378 e. The molecule has 4 fully saturated rings. The van der Waals surface area contributed by atoms with Crippen LogP contribution in [0.2, 0.25) is 0 Å². The molecule has 21 heavy (non-hydrogen) atoms. The summed E-state index contributed by atoms with van der Waals surface area (Å²) in [5.41, 5.74) is 3.39. The Balaban J connectivity index is 1.42. The van der Waals surface area contributed by atoms with Gasteiger partial charge >= 0.3 is 0 Å². The van der Waals surface area contributed by atoms with Crippen molar-refractivity contribution < 1.29 is 5.32 Å². The van der Waals surface area contributed by atoms with Crippen molar-refractivity contribution in [2.75, 3.05) is 19.0 Å². The first-order chi connectivity index (χ1) is 10.1. The molecule has 1 aromatic rings. The average Bonchev–Trinajstić information content (AvgIpc) is 2.44. The van der Waals surface area contributed by atoms with Gasteiger partial charge in [-0.05, 0) is 49.1 Å². The van der Waals surface area contributed by atoms with Crippen molar-refractivity contribution in [3.63, 3.8) is 0 Å². The molecular weight excluding hydrogens is 256 g/mol. The third-order valence-electron chi connectivity index (χ3n) is 6.31. The van der Waals surface area contributed by atoms with E-state index in [2.05, 4.69) is 48.6 Å². The van der Waals surface area contributed by atoms with Crippen LogP contribution >= 0.6 is 0 Å². The molecule has 0 saturated heterocycles. The molecule has 2 N–H and O–H groups in total. The normalized spacial score (nSPS) is 37.0. The van der Waals surface area contributed by atoms with E-state index in [0.29, 0.717) is 5.54 Å². The van der Waals surface area contributed by atoms with Crippen LogP contribution in [0.5, 0.6) is 0 Å². The van der Waals surface area contributed by atoms with Gasteiger partial charge in [-0.25, -0.2) is 0 Å². The molecular formula is C19H29N2+. The number of nitrogens with zero attached hydrogens (tertiary/aromatic N) is 1. The van der Waals surface area contributed by atoms with Crippen LogP contribution in [0.4, 0.5) is 5.69 Å². The SMILES string of the molecule is CN(C)c1ccc(C[NH2+]C23CC4CC(CC(C4)C2)C3)cc1. The molecule has 1 aromatic carbocycles. The average molecular weight is 285 g/mol. The minimum absolute atomic E-state index is 0.606. The van der Waals surface area contributed by atoms with E-state index in [-0.39, 0.29) is 0 Å². The van der Waals surface area contributed by atoms with Gasteiger partial charge in [-0.15, -0.1) is 0 Å². The Morgan fingerprint density at radius 2 is 1.48 bits per heavy atom. The fraction of sp³-hybridized carbons (Fsp3) is 0.684. The summed E-state index contributed by atoms with van der Waals surface area (Å²) in [5, 5.41) is 2.71. The van der Waals surface area contributed by atoms with Gasteiger partial charge in [-0.1, -0.05) is 12.1 Å². The molecule has 0 aliphatic heterocycles. The Labute approximate surface area is 128 Å². The number of anilines is 1. The molecule has 0 atom stereocenters. The predicted octanol–water partition coefficient (Wildman–Crippen LogP) is 2.78. The maximum Gasteiger partial charge on any atom is 0.102 e. The van der Waals surface area contributed by atoms with Crippen LogP contribution in [0.3, 0.4) is 0 Å². The quantitative estimate of drug-likeness (QED) is 0.902. The summed E-state index contributed by atoms with van der Waals surface area (Å²) >= 11 is 0. The summed E-state index contributed by atoms with van der Waals surface area (Å²) in [6.07, 6.45) is 9.12. The van der Waals surface area contributed by atoms with E-state index in [1.165, 1.54) is 37.1 Å². The van der Waals surface area contributed by atoms with Crippen molar-refractivity contribution in [1.82, 2.24) is 0 Å². The Kier molecular flexibility index (Phi) is 3.25. The maximum atomic E-state index is 2.71. The van der Waals surface area contributed by atoms with E-state index in [4.69, 9.17) is 0 Å². The van der Waals surface area contributed by atoms with E-state index in [1.807, 2.05) is 0 Å².